The number of unbranched alkanes of at least 4 members (excludes halogenated alkanes) is 1. The first kappa shape index (κ1) is 9.71. The van der Waals surface area contributed by atoms with Crippen LogP contribution in [0.4, 0.5) is 0 Å². The third kappa shape index (κ3) is 1.98. The number of benzene rings is 1. The van der Waals surface area contributed by atoms with Gasteiger partial charge in [0, 0.05) is 10.9 Å². The van der Waals surface area contributed by atoms with Crippen LogP contribution >= 0.6 is 15.9 Å². The van der Waals surface area contributed by atoms with Gasteiger partial charge in [-0.25, -0.2) is 4.98 Å². The van der Waals surface area contributed by atoms with E-state index in [-0.39, 0.29) is 0 Å². The average Bonchev–Trinajstić information content (AvgIpc) is 2.56. The first-order valence-corrected chi connectivity index (χ1v) is 5.64. The Morgan fingerprint density at radius 2 is 2.29 bits per heavy atom. The van der Waals surface area contributed by atoms with Gasteiger partial charge in [-0.2, -0.15) is 0 Å². The summed E-state index contributed by atoms with van der Waals surface area (Å²) in [5.41, 5.74) is 1.81. The van der Waals surface area contributed by atoms with Crippen molar-refractivity contribution in [1.29, 1.82) is 0 Å². The van der Waals surface area contributed by atoms with Crippen molar-refractivity contribution in [3.63, 3.8) is 0 Å². The maximum absolute atomic E-state index is 5.59. The Hall–Kier alpha value is -0.830. The Kier molecular flexibility index (Phi) is 2.87. The lowest BCUT2D eigenvalue weighted by Crippen LogP contribution is -1.82. The molecule has 0 spiro atoms. The van der Waals surface area contributed by atoms with E-state index in [1.54, 1.807) is 0 Å². The Labute approximate surface area is 91.5 Å². The number of oxazole rings is 1. The fourth-order valence-electron chi connectivity index (χ4n) is 1.38. The standard InChI is InChI=1S/C11H12BrNO/c1-2-3-4-11-13-9-7-8(12)5-6-10(9)14-11/h5-7H,2-4H2,1H3. The normalized spacial score (nSPS) is 11.0. The fraction of sp³-hybridized carbons (Fsp3) is 0.364. The monoisotopic (exact) mass is 253 g/mol. The molecule has 0 radical (unpaired) electrons. The van der Waals surface area contributed by atoms with Crippen LogP contribution in [-0.4, -0.2) is 4.98 Å². The molecule has 1 aromatic heterocycles. The van der Waals surface area contributed by atoms with Crippen LogP contribution in [0.5, 0.6) is 0 Å². The van der Waals surface area contributed by atoms with E-state index in [1.165, 1.54) is 6.42 Å². The van der Waals surface area contributed by atoms with Gasteiger partial charge in [-0.1, -0.05) is 29.3 Å². The summed E-state index contributed by atoms with van der Waals surface area (Å²) in [5, 5.41) is 0. The molecule has 0 fully saturated rings. The molecule has 1 heterocycles. The smallest absolute Gasteiger partial charge is 0.195 e. The summed E-state index contributed by atoms with van der Waals surface area (Å²) in [5.74, 6) is 0.847. The molecule has 0 aliphatic carbocycles. The second-order valence-corrected chi connectivity index (χ2v) is 4.24. The van der Waals surface area contributed by atoms with Crippen LogP contribution in [0.3, 0.4) is 0 Å². The predicted octanol–water partition coefficient (Wildman–Crippen LogP) is 3.93. The van der Waals surface area contributed by atoms with E-state index in [2.05, 4.69) is 27.8 Å². The average molecular weight is 254 g/mol. The second kappa shape index (κ2) is 4.13. The Morgan fingerprint density at radius 3 is 3.07 bits per heavy atom. The highest BCUT2D eigenvalue weighted by Crippen LogP contribution is 2.20. The minimum Gasteiger partial charge on any atom is -0.441 e. The molecular weight excluding hydrogens is 242 g/mol. The van der Waals surface area contributed by atoms with Crippen LogP contribution in [-0.2, 0) is 6.42 Å². The lowest BCUT2D eigenvalue weighted by Gasteiger charge is -1.89. The van der Waals surface area contributed by atoms with E-state index in [0.717, 1.165) is 34.3 Å². The zero-order valence-electron chi connectivity index (χ0n) is 8.09. The molecule has 0 saturated heterocycles. The van der Waals surface area contributed by atoms with Gasteiger partial charge in [0.15, 0.2) is 11.5 Å². The van der Waals surface area contributed by atoms with Crippen molar-refractivity contribution < 1.29 is 4.42 Å². The molecular formula is C11H12BrNO. The van der Waals surface area contributed by atoms with Gasteiger partial charge in [0.25, 0.3) is 0 Å². The topological polar surface area (TPSA) is 26.0 Å². The van der Waals surface area contributed by atoms with E-state index in [4.69, 9.17) is 4.42 Å². The van der Waals surface area contributed by atoms with Gasteiger partial charge in [-0.15, -0.1) is 0 Å². The number of halogens is 1. The highest BCUT2D eigenvalue weighted by Gasteiger charge is 2.04. The van der Waals surface area contributed by atoms with Crippen LogP contribution in [0.2, 0.25) is 0 Å². The number of rotatable bonds is 3. The quantitative estimate of drug-likeness (QED) is 0.829. The Morgan fingerprint density at radius 1 is 1.43 bits per heavy atom. The summed E-state index contributed by atoms with van der Waals surface area (Å²) in [4.78, 5) is 4.41. The van der Waals surface area contributed by atoms with Crippen molar-refractivity contribution in [2.75, 3.05) is 0 Å². The van der Waals surface area contributed by atoms with Crippen LogP contribution in [0.15, 0.2) is 27.1 Å². The number of aromatic nitrogens is 1. The van der Waals surface area contributed by atoms with Gasteiger partial charge in [-0.05, 0) is 24.6 Å². The van der Waals surface area contributed by atoms with Gasteiger partial charge < -0.3 is 4.42 Å². The molecule has 3 heteroatoms. The van der Waals surface area contributed by atoms with E-state index in [0.29, 0.717) is 0 Å². The number of nitrogens with zero attached hydrogens (tertiary/aromatic N) is 1. The fourth-order valence-corrected chi connectivity index (χ4v) is 1.73. The second-order valence-electron chi connectivity index (χ2n) is 3.32. The van der Waals surface area contributed by atoms with Gasteiger partial charge in [0.2, 0.25) is 0 Å². The van der Waals surface area contributed by atoms with E-state index >= 15 is 0 Å². The van der Waals surface area contributed by atoms with Crippen molar-refractivity contribution in [2.24, 2.45) is 0 Å². The molecule has 0 bridgehead atoms. The minimum absolute atomic E-state index is 0.847. The van der Waals surface area contributed by atoms with Crippen LogP contribution in [0.1, 0.15) is 25.7 Å². The molecule has 0 aliphatic rings. The van der Waals surface area contributed by atoms with Gasteiger partial charge in [0.1, 0.15) is 5.52 Å². The van der Waals surface area contributed by atoms with Crippen molar-refractivity contribution in [2.45, 2.75) is 26.2 Å². The van der Waals surface area contributed by atoms with E-state index in [1.807, 2.05) is 18.2 Å². The van der Waals surface area contributed by atoms with E-state index in [9.17, 15) is 0 Å². The Balaban J connectivity index is 2.32. The van der Waals surface area contributed by atoms with Crippen LogP contribution < -0.4 is 0 Å². The highest BCUT2D eigenvalue weighted by atomic mass is 79.9. The van der Waals surface area contributed by atoms with Crippen LogP contribution in [0.25, 0.3) is 11.1 Å². The summed E-state index contributed by atoms with van der Waals surface area (Å²) in [6, 6.07) is 5.90. The molecule has 0 unspecified atom stereocenters. The van der Waals surface area contributed by atoms with Crippen molar-refractivity contribution in [3.8, 4) is 0 Å². The zero-order valence-corrected chi connectivity index (χ0v) is 9.67. The number of fused-ring (bicyclic) bond motifs is 1. The minimum atomic E-state index is 0.847. The van der Waals surface area contributed by atoms with E-state index < -0.39 is 0 Å². The predicted molar refractivity (Wildman–Crippen MR) is 60.3 cm³/mol. The maximum Gasteiger partial charge on any atom is 0.195 e. The molecule has 14 heavy (non-hydrogen) atoms. The summed E-state index contributed by atoms with van der Waals surface area (Å²) >= 11 is 3.41. The lowest BCUT2D eigenvalue weighted by molar-refractivity contribution is 0.517. The molecule has 2 aromatic rings. The van der Waals surface area contributed by atoms with Crippen molar-refractivity contribution >= 4 is 27.0 Å². The summed E-state index contributed by atoms with van der Waals surface area (Å²) < 4.78 is 6.64. The SMILES string of the molecule is CCCCc1nc2cc(Br)ccc2o1. The number of hydrogen-bond donors (Lipinski definition) is 0. The van der Waals surface area contributed by atoms with Crippen LogP contribution in [0, 0.1) is 0 Å². The summed E-state index contributed by atoms with van der Waals surface area (Å²) in [6.45, 7) is 2.17. The number of hydrogen-bond acceptors (Lipinski definition) is 2. The van der Waals surface area contributed by atoms with Gasteiger partial charge in [0.05, 0.1) is 0 Å². The molecule has 0 saturated carbocycles. The van der Waals surface area contributed by atoms with Crippen molar-refractivity contribution in [3.05, 3.63) is 28.6 Å². The Bertz CT molecular complexity index is 436. The first-order chi connectivity index (χ1) is 6.79. The molecule has 74 valence electrons. The highest BCUT2D eigenvalue weighted by molar-refractivity contribution is 9.10. The third-order valence-electron chi connectivity index (χ3n) is 2.14. The molecule has 0 N–H and O–H groups in total. The van der Waals surface area contributed by atoms with Crippen molar-refractivity contribution in [1.82, 2.24) is 4.98 Å². The third-order valence-corrected chi connectivity index (χ3v) is 2.63. The molecule has 1 aromatic carbocycles. The molecule has 0 amide bonds. The van der Waals surface area contributed by atoms with Gasteiger partial charge >= 0.3 is 0 Å². The van der Waals surface area contributed by atoms with Gasteiger partial charge in [-0.3, -0.25) is 0 Å². The first-order valence-electron chi connectivity index (χ1n) is 4.84. The molecule has 0 atom stereocenters. The largest absolute Gasteiger partial charge is 0.441 e. The molecule has 2 rings (SSSR count). The summed E-state index contributed by atoms with van der Waals surface area (Å²) in [7, 11) is 0. The summed E-state index contributed by atoms with van der Waals surface area (Å²) in [6.07, 6.45) is 3.24. The maximum atomic E-state index is 5.59. The molecule has 0 aliphatic heterocycles. The molecule has 2 nitrogen and oxygen atoms in total. The number of aryl methyl sites for hydroxylation is 1. The zero-order chi connectivity index (χ0) is 9.97. The lowest BCUT2D eigenvalue weighted by atomic mass is 10.2.